The summed E-state index contributed by atoms with van der Waals surface area (Å²) in [5, 5.41) is 0. The molecule has 0 aliphatic rings. The van der Waals surface area contributed by atoms with Gasteiger partial charge in [0.25, 0.3) is 5.91 Å². The number of methoxy groups -OCH3 is 1. The zero-order chi connectivity index (χ0) is 13.8. The van der Waals surface area contributed by atoms with Gasteiger partial charge in [0.15, 0.2) is 0 Å². The number of carbonyl (C=O) groups excluding carboxylic acids is 2. The Hall–Kier alpha value is -2.60. The van der Waals surface area contributed by atoms with Crippen LogP contribution >= 0.6 is 0 Å². The van der Waals surface area contributed by atoms with Crippen LogP contribution in [0, 0.1) is 0 Å². The summed E-state index contributed by atoms with van der Waals surface area (Å²) >= 11 is 0. The fourth-order valence-corrected chi connectivity index (χ4v) is 1.74. The highest BCUT2D eigenvalue weighted by molar-refractivity contribution is 6.16. The van der Waals surface area contributed by atoms with Gasteiger partial charge in [-0.3, -0.25) is 15.0 Å². The molecule has 0 unspecified atom stereocenters. The third-order valence-electron chi connectivity index (χ3n) is 2.63. The maximum absolute atomic E-state index is 12.4. The molecule has 2 aromatic rings. The second-order valence-electron chi connectivity index (χ2n) is 3.70. The predicted octanol–water partition coefficient (Wildman–Crippen LogP) is 1.12. The molecule has 1 amide bonds. The summed E-state index contributed by atoms with van der Waals surface area (Å²) in [4.78, 5) is 24.1. The highest BCUT2D eigenvalue weighted by atomic mass is 16.5. The number of ketones is 1. The number of nitrogens with one attached hydrogen (secondary N) is 1. The minimum absolute atomic E-state index is 0.146. The van der Waals surface area contributed by atoms with Crippen LogP contribution in [0.1, 0.15) is 26.3 Å². The van der Waals surface area contributed by atoms with E-state index in [1.165, 1.54) is 31.8 Å². The maximum Gasteiger partial charge on any atom is 0.266 e. The molecule has 1 aromatic carbocycles. The fraction of sp³-hybridized carbons (Fsp3) is 0.0769. The van der Waals surface area contributed by atoms with Crippen molar-refractivity contribution in [1.82, 2.24) is 5.43 Å². The van der Waals surface area contributed by atoms with Crippen molar-refractivity contribution in [3.8, 4) is 5.75 Å². The van der Waals surface area contributed by atoms with Crippen molar-refractivity contribution in [2.75, 3.05) is 7.11 Å². The lowest BCUT2D eigenvalue weighted by Crippen LogP contribution is -2.31. The summed E-state index contributed by atoms with van der Waals surface area (Å²) in [7, 11) is 1.42. The van der Waals surface area contributed by atoms with Gasteiger partial charge in [0.2, 0.25) is 5.78 Å². The van der Waals surface area contributed by atoms with Crippen molar-refractivity contribution in [3.05, 3.63) is 53.5 Å². The van der Waals surface area contributed by atoms with Crippen molar-refractivity contribution in [3.63, 3.8) is 0 Å². The average Bonchev–Trinajstić information content (AvgIpc) is 2.98. The number of hydrogen-bond acceptors (Lipinski definition) is 5. The third kappa shape index (κ3) is 2.34. The van der Waals surface area contributed by atoms with Crippen molar-refractivity contribution in [2.24, 2.45) is 5.84 Å². The van der Waals surface area contributed by atoms with Crippen LogP contribution < -0.4 is 16.0 Å². The van der Waals surface area contributed by atoms with Gasteiger partial charge >= 0.3 is 0 Å². The van der Waals surface area contributed by atoms with Crippen LogP contribution in [-0.2, 0) is 0 Å². The molecule has 0 atom stereocenters. The average molecular weight is 260 g/mol. The second-order valence-corrected chi connectivity index (χ2v) is 3.70. The molecule has 2 rings (SSSR count). The van der Waals surface area contributed by atoms with E-state index in [0.717, 1.165) is 0 Å². The molecule has 6 nitrogen and oxygen atoms in total. The Balaban J connectivity index is 2.59. The number of rotatable bonds is 4. The van der Waals surface area contributed by atoms with Crippen molar-refractivity contribution < 1.29 is 18.7 Å². The van der Waals surface area contributed by atoms with Crippen molar-refractivity contribution in [2.45, 2.75) is 0 Å². The minimum Gasteiger partial charge on any atom is -0.496 e. The fourth-order valence-electron chi connectivity index (χ4n) is 1.74. The molecular weight excluding hydrogens is 248 g/mol. The number of benzene rings is 1. The summed E-state index contributed by atoms with van der Waals surface area (Å²) in [5.74, 6) is 4.48. The van der Waals surface area contributed by atoms with E-state index in [1.54, 1.807) is 12.1 Å². The van der Waals surface area contributed by atoms with E-state index >= 15 is 0 Å². The van der Waals surface area contributed by atoms with Crippen LogP contribution in [0.3, 0.4) is 0 Å². The molecule has 1 aromatic heterocycles. The Morgan fingerprint density at radius 1 is 1.32 bits per heavy atom. The number of hydrogen-bond donors (Lipinski definition) is 2. The lowest BCUT2D eigenvalue weighted by atomic mass is 9.98. The summed E-state index contributed by atoms with van der Waals surface area (Å²) in [5.41, 5.74) is 2.63. The molecule has 0 saturated heterocycles. The molecule has 19 heavy (non-hydrogen) atoms. The van der Waals surface area contributed by atoms with E-state index in [0.29, 0.717) is 11.3 Å². The molecule has 0 fully saturated rings. The number of carbonyl (C=O) groups is 2. The number of nitrogens with two attached hydrogens (primary N) is 1. The lowest BCUT2D eigenvalue weighted by Gasteiger charge is -2.11. The molecule has 0 aliphatic carbocycles. The molecule has 0 saturated carbocycles. The molecule has 6 heteroatoms. The van der Waals surface area contributed by atoms with Crippen molar-refractivity contribution in [1.29, 1.82) is 0 Å². The Kier molecular flexibility index (Phi) is 3.63. The zero-order valence-electron chi connectivity index (χ0n) is 10.2. The van der Waals surface area contributed by atoms with Gasteiger partial charge in [-0.1, -0.05) is 6.07 Å². The van der Waals surface area contributed by atoms with Gasteiger partial charge in [-0.2, -0.15) is 0 Å². The number of ether oxygens (including phenoxy) is 1. The monoisotopic (exact) mass is 260 g/mol. The molecule has 3 N–H and O–H groups in total. The van der Waals surface area contributed by atoms with E-state index in [2.05, 4.69) is 0 Å². The van der Waals surface area contributed by atoms with E-state index in [4.69, 9.17) is 15.0 Å². The first kappa shape index (κ1) is 12.8. The van der Waals surface area contributed by atoms with Crippen LogP contribution in [0.2, 0.25) is 0 Å². The van der Waals surface area contributed by atoms with E-state index < -0.39 is 5.91 Å². The SMILES string of the molecule is COc1cccc(C(=O)NN)c1C(=O)c1ccoc1. The largest absolute Gasteiger partial charge is 0.496 e. The standard InChI is InChI=1S/C13H12N2O4/c1-18-10-4-2-3-9(13(17)15-14)11(10)12(16)8-5-6-19-7-8/h2-7H,14H2,1H3,(H,15,17). The molecule has 0 bridgehead atoms. The van der Waals surface area contributed by atoms with Crippen LogP contribution in [0.15, 0.2) is 41.2 Å². The Bertz CT molecular complexity index is 605. The van der Waals surface area contributed by atoms with Crippen LogP contribution in [0.5, 0.6) is 5.75 Å². The Morgan fingerprint density at radius 3 is 2.68 bits per heavy atom. The molecule has 0 aliphatic heterocycles. The van der Waals surface area contributed by atoms with E-state index in [1.807, 2.05) is 5.43 Å². The number of furan rings is 1. The summed E-state index contributed by atoms with van der Waals surface area (Å²) in [6.45, 7) is 0. The molecule has 0 radical (unpaired) electrons. The smallest absolute Gasteiger partial charge is 0.266 e. The predicted molar refractivity (Wildman–Crippen MR) is 66.8 cm³/mol. The zero-order valence-corrected chi connectivity index (χ0v) is 10.2. The first-order chi connectivity index (χ1) is 9.19. The highest BCUT2D eigenvalue weighted by Gasteiger charge is 2.22. The van der Waals surface area contributed by atoms with Gasteiger partial charge in [-0.05, 0) is 18.2 Å². The number of nitrogen functional groups attached to an aromatic ring is 1. The summed E-state index contributed by atoms with van der Waals surface area (Å²) in [6, 6.07) is 6.22. The van der Waals surface area contributed by atoms with Gasteiger partial charge < -0.3 is 9.15 Å². The van der Waals surface area contributed by atoms with Crippen LogP contribution in [-0.4, -0.2) is 18.8 Å². The molecule has 1 heterocycles. The van der Waals surface area contributed by atoms with Gasteiger partial charge in [0, 0.05) is 0 Å². The topological polar surface area (TPSA) is 94.6 Å². The van der Waals surface area contributed by atoms with Gasteiger partial charge in [-0.25, -0.2) is 5.84 Å². The summed E-state index contributed by atoms with van der Waals surface area (Å²) in [6.07, 6.45) is 2.68. The quantitative estimate of drug-likeness (QED) is 0.372. The first-order valence-electron chi connectivity index (χ1n) is 5.44. The number of hydrazine groups is 1. The molecule has 98 valence electrons. The second kappa shape index (κ2) is 5.36. The van der Waals surface area contributed by atoms with E-state index in [-0.39, 0.29) is 16.9 Å². The molecule has 0 spiro atoms. The highest BCUT2D eigenvalue weighted by Crippen LogP contribution is 2.25. The molecular formula is C13H12N2O4. The number of amides is 1. The summed E-state index contributed by atoms with van der Waals surface area (Å²) < 4.78 is 10.00. The Labute approximate surface area is 109 Å². The lowest BCUT2D eigenvalue weighted by molar-refractivity contribution is 0.0941. The van der Waals surface area contributed by atoms with Crippen molar-refractivity contribution >= 4 is 11.7 Å². The third-order valence-corrected chi connectivity index (χ3v) is 2.63. The minimum atomic E-state index is -0.564. The van der Waals surface area contributed by atoms with E-state index in [9.17, 15) is 9.59 Å². The first-order valence-corrected chi connectivity index (χ1v) is 5.44. The van der Waals surface area contributed by atoms with Crippen LogP contribution in [0.25, 0.3) is 0 Å². The van der Waals surface area contributed by atoms with Gasteiger partial charge in [-0.15, -0.1) is 0 Å². The maximum atomic E-state index is 12.4. The normalized spacial score (nSPS) is 10.0. The Morgan fingerprint density at radius 2 is 2.11 bits per heavy atom. The van der Waals surface area contributed by atoms with Crippen LogP contribution in [0.4, 0.5) is 0 Å². The van der Waals surface area contributed by atoms with Gasteiger partial charge in [0.05, 0.1) is 30.1 Å². The van der Waals surface area contributed by atoms with Gasteiger partial charge in [0.1, 0.15) is 12.0 Å².